The van der Waals surface area contributed by atoms with E-state index in [4.69, 9.17) is 5.26 Å². The quantitative estimate of drug-likeness (QED) is 0.463. The zero-order valence-corrected chi connectivity index (χ0v) is 9.05. The molecule has 1 aliphatic heterocycles. The summed E-state index contributed by atoms with van der Waals surface area (Å²) in [6.07, 6.45) is 2.70. The van der Waals surface area contributed by atoms with Crippen LogP contribution in [0.4, 0.5) is 0 Å². The van der Waals surface area contributed by atoms with Gasteiger partial charge in [-0.1, -0.05) is 12.1 Å². The Kier molecular flexibility index (Phi) is 2.02. The lowest BCUT2D eigenvalue weighted by molar-refractivity contribution is -0.672. The van der Waals surface area contributed by atoms with Gasteiger partial charge in [0.05, 0.1) is 5.56 Å². The third-order valence-electron chi connectivity index (χ3n) is 3.04. The molecule has 0 N–H and O–H groups in total. The Hall–Kier alpha value is -2.47. The first-order valence-electron chi connectivity index (χ1n) is 5.34. The van der Waals surface area contributed by atoms with Crippen LogP contribution < -0.4 is 4.57 Å². The van der Waals surface area contributed by atoms with Gasteiger partial charge in [-0.2, -0.15) is 9.83 Å². The molecule has 0 saturated heterocycles. The second-order valence-corrected chi connectivity index (χ2v) is 4.08. The number of pyridine rings is 1. The molecule has 3 rings (SSSR count). The normalized spacial score (nSPS) is 11.5. The second kappa shape index (κ2) is 3.53. The van der Waals surface area contributed by atoms with Gasteiger partial charge in [0.2, 0.25) is 5.69 Å². The van der Waals surface area contributed by atoms with E-state index in [-0.39, 0.29) is 0 Å². The Labute approximate surface area is 98.6 Å². The molecule has 0 bridgehead atoms. The summed E-state index contributed by atoms with van der Waals surface area (Å²) in [5.41, 5.74) is 4.66. The molecule has 3 nitrogen and oxygen atoms in total. The Balaban J connectivity index is 2.20. The Morgan fingerprint density at radius 2 is 2.18 bits per heavy atom. The number of fused-ring (bicyclic) bond motifs is 3. The lowest BCUT2D eigenvalue weighted by Crippen LogP contribution is -2.32. The molecule has 1 aliphatic rings. The number of rotatable bonds is 1. The summed E-state index contributed by atoms with van der Waals surface area (Å²) in [6, 6.07) is 11.5. The molecule has 0 amide bonds. The molecule has 0 unspecified atom stereocenters. The van der Waals surface area contributed by atoms with Gasteiger partial charge in [-0.25, -0.2) is 0 Å². The van der Waals surface area contributed by atoms with Crippen molar-refractivity contribution in [2.75, 3.05) is 0 Å². The average Bonchev–Trinajstić information content (AvgIpc) is 2.74. The van der Waals surface area contributed by atoms with E-state index in [0.717, 1.165) is 24.1 Å². The van der Waals surface area contributed by atoms with Crippen molar-refractivity contribution in [2.45, 2.75) is 6.54 Å². The van der Waals surface area contributed by atoms with Crippen molar-refractivity contribution in [3.63, 3.8) is 0 Å². The van der Waals surface area contributed by atoms with Gasteiger partial charge in [0, 0.05) is 17.2 Å². The molecule has 80 valence electrons. The molecule has 0 radical (unpaired) electrons. The largest absolute Gasteiger partial charge is 0.298 e. The number of hydrogen-bond acceptors (Lipinski definition) is 2. The summed E-state index contributed by atoms with van der Waals surface area (Å²) < 4.78 is 2.04. The van der Waals surface area contributed by atoms with Crippen molar-refractivity contribution in [1.82, 2.24) is 0 Å². The molecule has 1 aromatic heterocycles. The van der Waals surface area contributed by atoms with Gasteiger partial charge in [0.1, 0.15) is 17.9 Å². The van der Waals surface area contributed by atoms with Crippen molar-refractivity contribution < 1.29 is 9.36 Å². The van der Waals surface area contributed by atoms with Gasteiger partial charge < -0.3 is 0 Å². The fourth-order valence-electron chi connectivity index (χ4n) is 2.21. The Morgan fingerprint density at radius 3 is 2.94 bits per heavy atom. The van der Waals surface area contributed by atoms with Gasteiger partial charge in [-0.15, -0.1) is 0 Å². The van der Waals surface area contributed by atoms with Crippen LogP contribution in [0.5, 0.6) is 0 Å². The maximum Gasteiger partial charge on any atom is 0.213 e. The summed E-state index contributed by atoms with van der Waals surface area (Å²) in [7, 11) is 0. The molecular formula is C14H9N2O+. The Morgan fingerprint density at radius 1 is 1.29 bits per heavy atom. The van der Waals surface area contributed by atoms with Crippen molar-refractivity contribution in [2.24, 2.45) is 0 Å². The van der Waals surface area contributed by atoms with E-state index >= 15 is 0 Å². The number of carbonyl (C=O) groups excluding carboxylic acids is 1. The van der Waals surface area contributed by atoms with Crippen LogP contribution in [0, 0.1) is 11.3 Å². The number of nitriles is 1. The minimum absolute atomic E-state index is 0.650. The zero-order valence-electron chi connectivity index (χ0n) is 9.05. The van der Waals surface area contributed by atoms with E-state index in [9.17, 15) is 4.79 Å². The van der Waals surface area contributed by atoms with Crippen LogP contribution in [0.3, 0.4) is 0 Å². The SMILES string of the molecule is N#Cc1ccc2[n+](c1)Cc1ccc(C=O)cc1-2. The minimum atomic E-state index is 0.650. The number of nitrogens with zero attached hydrogens (tertiary/aromatic N) is 2. The monoisotopic (exact) mass is 221 g/mol. The topological polar surface area (TPSA) is 44.7 Å². The van der Waals surface area contributed by atoms with Crippen LogP contribution in [0.1, 0.15) is 21.5 Å². The molecular weight excluding hydrogens is 212 g/mol. The molecule has 2 heterocycles. The van der Waals surface area contributed by atoms with Crippen LogP contribution in [-0.2, 0) is 6.54 Å². The van der Waals surface area contributed by atoms with E-state index in [1.54, 1.807) is 6.07 Å². The fourth-order valence-corrected chi connectivity index (χ4v) is 2.21. The smallest absolute Gasteiger partial charge is 0.213 e. The van der Waals surface area contributed by atoms with Crippen LogP contribution in [0.15, 0.2) is 36.5 Å². The molecule has 3 heteroatoms. The highest BCUT2D eigenvalue weighted by Crippen LogP contribution is 2.27. The maximum atomic E-state index is 10.8. The van der Waals surface area contributed by atoms with E-state index < -0.39 is 0 Å². The molecule has 0 fully saturated rings. The first-order valence-corrected chi connectivity index (χ1v) is 5.34. The molecule has 0 spiro atoms. The van der Waals surface area contributed by atoms with Crippen LogP contribution in [0.25, 0.3) is 11.3 Å². The number of benzene rings is 1. The second-order valence-electron chi connectivity index (χ2n) is 4.08. The lowest BCUT2D eigenvalue weighted by atomic mass is 10.0. The van der Waals surface area contributed by atoms with Crippen molar-refractivity contribution >= 4 is 6.29 Å². The molecule has 0 atom stereocenters. The Bertz CT molecular complexity index is 668. The predicted molar refractivity (Wildman–Crippen MR) is 61.3 cm³/mol. The summed E-state index contributed by atoms with van der Waals surface area (Å²) in [6.45, 7) is 0.763. The number of aldehydes is 1. The van der Waals surface area contributed by atoms with Gasteiger partial charge in [-0.05, 0) is 12.1 Å². The van der Waals surface area contributed by atoms with Crippen LogP contribution in [0.2, 0.25) is 0 Å². The molecule has 17 heavy (non-hydrogen) atoms. The van der Waals surface area contributed by atoms with Gasteiger partial charge >= 0.3 is 0 Å². The standard InChI is InChI=1S/C14H9N2O/c15-6-11-2-4-14-13-5-10(9-17)1-3-12(13)8-16(14)7-11/h1-5,7,9H,8H2/q+1. The number of carbonyl (C=O) groups is 1. The molecule has 2 aromatic rings. The maximum absolute atomic E-state index is 10.8. The average molecular weight is 221 g/mol. The molecule has 1 aromatic carbocycles. The molecule has 0 aliphatic carbocycles. The first-order chi connectivity index (χ1) is 8.31. The van der Waals surface area contributed by atoms with Gasteiger partial charge in [-0.3, -0.25) is 4.79 Å². The lowest BCUT2D eigenvalue weighted by Gasteiger charge is -1.95. The van der Waals surface area contributed by atoms with E-state index in [1.165, 1.54) is 5.56 Å². The summed E-state index contributed by atoms with van der Waals surface area (Å²) >= 11 is 0. The van der Waals surface area contributed by atoms with E-state index in [1.807, 2.05) is 35.0 Å². The highest BCUT2D eigenvalue weighted by atomic mass is 16.1. The highest BCUT2D eigenvalue weighted by molar-refractivity contribution is 5.79. The van der Waals surface area contributed by atoms with Gasteiger partial charge in [0.15, 0.2) is 12.7 Å². The number of hydrogen-bond donors (Lipinski definition) is 0. The van der Waals surface area contributed by atoms with Gasteiger partial charge in [0.25, 0.3) is 0 Å². The van der Waals surface area contributed by atoms with E-state index in [0.29, 0.717) is 11.1 Å². The minimum Gasteiger partial charge on any atom is -0.298 e. The summed E-state index contributed by atoms with van der Waals surface area (Å²) in [4.78, 5) is 10.8. The van der Waals surface area contributed by atoms with E-state index in [2.05, 4.69) is 6.07 Å². The molecule has 0 saturated carbocycles. The summed E-state index contributed by atoms with van der Waals surface area (Å²) in [5, 5.41) is 8.86. The van der Waals surface area contributed by atoms with Crippen molar-refractivity contribution in [1.29, 1.82) is 5.26 Å². The zero-order chi connectivity index (χ0) is 11.8. The van der Waals surface area contributed by atoms with Crippen LogP contribution in [-0.4, -0.2) is 6.29 Å². The van der Waals surface area contributed by atoms with Crippen molar-refractivity contribution in [3.05, 3.63) is 53.2 Å². The third-order valence-corrected chi connectivity index (χ3v) is 3.04. The highest BCUT2D eigenvalue weighted by Gasteiger charge is 2.26. The summed E-state index contributed by atoms with van der Waals surface area (Å²) in [5.74, 6) is 0. The third kappa shape index (κ3) is 1.42. The van der Waals surface area contributed by atoms with Crippen LogP contribution >= 0.6 is 0 Å². The first kappa shape index (κ1) is 9.73. The van der Waals surface area contributed by atoms with Crippen molar-refractivity contribution in [3.8, 4) is 17.3 Å². The fraction of sp³-hybridized carbons (Fsp3) is 0.0714. The number of aromatic nitrogens is 1. The predicted octanol–water partition coefficient (Wildman–Crippen LogP) is 1.69.